The molecule has 1 aliphatic heterocycles. The molecule has 0 radical (unpaired) electrons. The van der Waals surface area contributed by atoms with E-state index in [9.17, 15) is 14.7 Å². The Morgan fingerprint density at radius 2 is 2.05 bits per heavy atom. The molecule has 3 rings (SSSR count). The monoisotopic (exact) mass is 288 g/mol. The number of Topliss-reactive ketones (excluding diaryl/α,β-unsaturated/α-hetero) is 2. The van der Waals surface area contributed by atoms with Gasteiger partial charge >= 0.3 is 0 Å². The molecule has 2 aliphatic rings. The van der Waals surface area contributed by atoms with Crippen LogP contribution >= 0.6 is 0 Å². The Morgan fingerprint density at radius 1 is 1.29 bits per heavy atom. The van der Waals surface area contributed by atoms with E-state index in [2.05, 4.69) is 0 Å². The Bertz CT molecular complexity index is 659. The summed E-state index contributed by atoms with van der Waals surface area (Å²) in [7, 11) is 0. The smallest absolute Gasteiger partial charge is 0.196 e. The van der Waals surface area contributed by atoms with Crippen molar-refractivity contribution in [3.63, 3.8) is 0 Å². The van der Waals surface area contributed by atoms with Gasteiger partial charge in [-0.15, -0.1) is 0 Å². The fourth-order valence-corrected chi connectivity index (χ4v) is 3.10. The van der Waals surface area contributed by atoms with Crippen LogP contribution in [0.5, 0.6) is 5.75 Å². The maximum atomic E-state index is 12.6. The van der Waals surface area contributed by atoms with Gasteiger partial charge in [-0.25, -0.2) is 0 Å². The van der Waals surface area contributed by atoms with Gasteiger partial charge in [-0.2, -0.15) is 0 Å². The summed E-state index contributed by atoms with van der Waals surface area (Å²) in [6, 6.07) is 4.51. The van der Waals surface area contributed by atoms with Gasteiger partial charge in [0.25, 0.3) is 0 Å². The van der Waals surface area contributed by atoms with Crippen LogP contribution in [0.1, 0.15) is 40.5 Å². The average molecular weight is 288 g/mol. The van der Waals surface area contributed by atoms with E-state index < -0.39 is 6.10 Å². The molecule has 2 unspecified atom stereocenters. The molecule has 110 valence electrons. The molecule has 0 spiro atoms. The molecule has 5 nitrogen and oxygen atoms in total. The lowest BCUT2D eigenvalue weighted by molar-refractivity contribution is -0.00757. The minimum Gasteiger partial charge on any atom is -0.507 e. The van der Waals surface area contributed by atoms with Crippen LogP contribution in [0.25, 0.3) is 0 Å². The Labute approximate surface area is 121 Å². The van der Waals surface area contributed by atoms with Gasteiger partial charge in [-0.1, -0.05) is 12.1 Å². The summed E-state index contributed by atoms with van der Waals surface area (Å²) >= 11 is 0. The molecule has 1 aromatic rings. The molecule has 0 bridgehead atoms. The van der Waals surface area contributed by atoms with Gasteiger partial charge in [0.15, 0.2) is 11.6 Å². The highest BCUT2D eigenvalue weighted by atomic mass is 16.5. The predicted octanol–water partition coefficient (Wildman–Crippen LogP) is 1.63. The van der Waals surface area contributed by atoms with Crippen molar-refractivity contribution in [2.45, 2.75) is 32.0 Å². The number of carbonyl (C=O) groups is 2. The van der Waals surface area contributed by atoms with Crippen LogP contribution in [0.4, 0.5) is 0 Å². The summed E-state index contributed by atoms with van der Waals surface area (Å²) in [6.07, 6.45) is -0.0380. The molecule has 1 aliphatic carbocycles. The Balaban J connectivity index is 2.11. The minimum atomic E-state index is -0.519. The van der Waals surface area contributed by atoms with Gasteiger partial charge in [0.1, 0.15) is 5.75 Å². The van der Waals surface area contributed by atoms with Crippen molar-refractivity contribution in [1.29, 1.82) is 0 Å². The van der Waals surface area contributed by atoms with Crippen LogP contribution in [0, 0.1) is 0 Å². The summed E-state index contributed by atoms with van der Waals surface area (Å²) in [5.41, 5.74) is 1.10. The van der Waals surface area contributed by atoms with Gasteiger partial charge < -0.3 is 14.9 Å². The number of aliphatic hydroxyl groups excluding tert-OH is 1. The van der Waals surface area contributed by atoms with Crippen LogP contribution < -0.4 is 0 Å². The zero-order valence-electron chi connectivity index (χ0n) is 11.6. The number of phenols is 1. The maximum absolute atomic E-state index is 12.6. The molecule has 2 atom stereocenters. The Morgan fingerprint density at radius 3 is 2.76 bits per heavy atom. The zero-order chi connectivity index (χ0) is 15.1. The van der Waals surface area contributed by atoms with Crippen LogP contribution in [0.15, 0.2) is 29.3 Å². The predicted molar refractivity (Wildman–Crippen MR) is 74.4 cm³/mol. The van der Waals surface area contributed by atoms with Gasteiger partial charge in [-0.05, 0) is 19.4 Å². The fraction of sp³-hybridized carbons (Fsp3) is 0.375. The number of hydrogen-bond acceptors (Lipinski definition) is 5. The number of rotatable bonds is 2. The Hall–Kier alpha value is -1.98. The summed E-state index contributed by atoms with van der Waals surface area (Å²) in [6.45, 7) is 1.69. The molecule has 0 fully saturated rings. The molecule has 1 heterocycles. The second kappa shape index (κ2) is 5.09. The lowest BCUT2D eigenvalue weighted by atomic mass is 9.78. The van der Waals surface area contributed by atoms with Crippen molar-refractivity contribution in [1.82, 2.24) is 0 Å². The van der Waals surface area contributed by atoms with Crippen molar-refractivity contribution in [3.05, 3.63) is 40.5 Å². The molecule has 5 heteroatoms. The highest BCUT2D eigenvalue weighted by Crippen LogP contribution is 2.38. The van der Waals surface area contributed by atoms with Crippen molar-refractivity contribution in [2.75, 3.05) is 6.61 Å². The van der Waals surface area contributed by atoms with E-state index >= 15 is 0 Å². The number of ketones is 2. The van der Waals surface area contributed by atoms with Gasteiger partial charge in [0.2, 0.25) is 0 Å². The largest absolute Gasteiger partial charge is 0.507 e. The number of carbonyl (C=O) groups excluding carboxylic acids is 2. The molecule has 0 saturated heterocycles. The molecule has 0 aromatic heterocycles. The molecule has 0 amide bonds. The SMILES string of the molecule is CC1OC(CCO)CC2=C1C(=O)c1c(O)cccc1C2=O. The van der Waals surface area contributed by atoms with Crippen molar-refractivity contribution in [2.24, 2.45) is 0 Å². The minimum absolute atomic E-state index is 0.0283. The molecule has 0 saturated carbocycles. The standard InChI is InChI=1S/C16H16O5/c1-8-13-11(7-9(21-8)5-6-17)15(19)10-3-2-4-12(18)14(10)16(13)20/h2-4,8-9,17-18H,5-7H2,1H3. The summed E-state index contributed by atoms with van der Waals surface area (Å²) in [5.74, 6) is -0.747. The first kappa shape index (κ1) is 14.0. The highest BCUT2D eigenvalue weighted by molar-refractivity contribution is 6.28. The van der Waals surface area contributed by atoms with Crippen LogP contribution in [0.2, 0.25) is 0 Å². The molecule has 21 heavy (non-hydrogen) atoms. The van der Waals surface area contributed by atoms with Crippen LogP contribution in [0.3, 0.4) is 0 Å². The van der Waals surface area contributed by atoms with E-state index in [4.69, 9.17) is 9.84 Å². The lowest BCUT2D eigenvalue weighted by Crippen LogP contribution is -2.37. The van der Waals surface area contributed by atoms with Crippen molar-refractivity contribution < 1.29 is 24.5 Å². The second-order valence-electron chi connectivity index (χ2n) is 5.37. The van der Waals surface area contributed by atoms with Gasteiger partial charge in [0, 0.05) is 29.7 Å². The van der Waals surface area contributed by atoms with E-state index in [0.29, 0.717) is 24.0 Å². The molecular weight excluding hydrogens is 272 g/mol. The Kier molecular flexibility index (Phi) is 3.39. The van der Waals surface area contributed by atoms with Crippen molar-refractivity contribution >= 4 is 11.6 Å². The van der Waals surface area contributed by atoms with E-state index in [1.165, 1.54) is 6.07 Å². The summed E-state index contributed by atoms with van der Waals surface area (Å²) < 4.78 is 5.70. The van der Waals surface area contributed by atoms with Gasteiger partial charge in [-0.3, -0.25) is 9.59 Å². The third-order valence-corrected chi connectivity index (χ3v) is 4.04. The summed E-state index contributed by atoms with van der Waals surface area (Å²) in [5, 5.41) is 18.9. The number of fused-ring (bicyclic) bond motifs is 1. The maximum Gasteiger partial charge on any atom is 0.196 e. The van der Waals surface area contributed by atoms with Crippen LogP contribution in [-0.2, 0) is 4.74 Å². The molecule has 2 N–H and O–H groups in total. The first-order valence-corrected chi connectivity index (χ1v) is 6.95. The molecule has 1 aromatic carbocycles. The van der Waals surface area contributed by atoms with E-state index in [1.54, 1.807) is 19.1 Å². The number of aromatic hydroxyl groups is 1. The summed E-state index contributed by atoms with van der Waals surface area (Å²) in [4.78, 5) is 25.2. The number of aliphatic hydroxyl groups is 1. The van der Waals surface area contributed by atoms with E-state index in [-0.39, 0.29) is 41.2 Å². The number of phenolic OH excluding ortho intramolecular Hbond substituents is 1. The normalized spacial score (nSPS) is 24.9. The molecular formula is C16H16O5. The topological polar surface area (TPSA) is 83.8 Å². The van der Waals surface area contributed by atoms with E-state index in [0.717, 1.165) is 0 Å². The number of hydrogen-bond donors (Lipinski definition) is 2. The zero-order valence-corrected chi connectivity index (χ0v) is 11.6. The first-order chi connectivity index (χ1) is 10.0. The van der Waals surface area contributed by atoms with Crippen LogP contribution in [-0.4, -0.2) is 40.6 Å². The average Bonchev–Trinajstić information content (AvgIpc) is 2.44. The quantitative estimate of drug-likeness (QED) is 0.864. The highest BCUT2D eigenvalue weighted by Gasteiger charge is 2.40. The lowest BCUT2D eigenvalue weighted by Gasteiger charge is -2.34. The third-order valence-electron chi connectivity index (χ3n) is 4.04. The van der Waals surface area contributed by atoms with Gasteiger partial charge in [0.05, 0.1) is 17.8 Å². The van der Waals surface area contributed by atoms with Crippen molar-refractivity contribution in [3.8, 4) is 5.75 Å². The third kappa shape index (κ3) is 2.09. The second-order valence-corrected chi connectivity index (χ2v) is 5.37. The number of ether oxygens (including phenoxy) is 1. The number of benzene rings is 1. The first-order valence-electron chi connectivity index (χ1n) is 6.95. The van der Waals surface area contributed by atoms with E-state index in [1.807, 2.05) is 0 Å². The fourth-order valence-electron chi connectivity index (χ4n) is 3.10.